The van der Waals surface area contributed by atoms with Crippen LogP contribution in [0, 0.1) is 11.8 Å². The summed E-state index contributed by atoms with van der Waals surface area (Å²) in [5.74, 6) is 2.12. The zero-order valence-corrected chi connectivity index (χ0v) is 11.1. The highest BCUT2D eigenvalue weighted by atomic mass is 16.5. The monoisotopic (exact) mass is 249 g/mol. The highest BCUT2D eigenvalue weighted by Gasteiger charge is 2.21. The molecule has 100 valence electrons. The molecule has 18 heavy (non-hydrogen) atoms. The second-order valence-electron chi connectivity index (χ2n) is 5.14. The van der Waals surface area contributed by atoms with Gasteiger partial charge in [0.05, 0.1) is 13.7 Å². The molecule has 0 heterocycles. The predicted molar refractivity (Wildman–Crippen MR) is 72.8 cm³/mol. The lowest BCUT2D eigenvalue weighted by atomic mass is 10.00. The minimum absolute atomic E-state index is 0.399. The van der Waals surface area contributed by atoms with Crippen LogP contribution in [0.1, 0.15) is 18.4 Å². The van der Waals surface area contributed by atoms with Gasteiger partial charge >= 0.3 is 0 Å². The third kappa shape index (κ3) is 4.31. The van der Waals surface area contributed by atoms with E-state index < -0.39 is 0 Å². The summed E-state index contributed by atoms with van der Waals surface area (Å²) in [5.41, 5.74) is 7.08. The van der Waals surface area contributed by atoms with Crippen molar-refractivity contribution >= 4 is 0 Å². The van der Waals surface area contributed by atoms with E-state index in [0.29, 0.717) is 12.5 Å². The Balaban J connectivity index is 1.79. The molecule has 2 rings (SSSR count). The molecule has 1 unspecified atom stereocenters. The topological polar surface area (TPSA) is 44.5 Å². The van der Waals surface area contributed by atoms with Gasteiger partial charge in [0, 0.05) is 6.61 Å². The van der Waals surface area contributed by atoms with Gasteiger partial charge in [-0.25, -0.2) is 0 Å². The molecule has 3 nitrogen and oxygen atoms in total. The summed E-state index contributed by atoms with van der Waals surface area (Å²) in [7, 11) is 1.69. The molecule has 0 aliphatic heterocycles. The number of rotatable bonds is 8. The van der Waals surface area contributed by atoms with E-state index in [1.807, 2.05) is 12.1 Å². The number of nitrogens with two attached hydrogens (primary N) is 1. The molecule has 1 aromatic carbocycles. The summed E-state index contributed by atoms with van der Waals surface area (Å²) in [6.07, 6.45) is 3.63. The van der Waals surface area contributed by atoms with Gasteiger partial charge in [0.25, 0.3) is 0 Å². The quantitative estimate of drug-likeness (QED) is 0.768. The second kappa shape index (κ2) is 6.76. The molecule has 2 N–H and O–H groups in total. The van der Waals surface area contributed by atoms with Crippen LogP contribution in [0.4, 0.5) is 0 Å². The molecular formula is C15H23NO2. The minimum Gasteiger partial charge on any atom is -0.497 e. The number of hydrogen-bond acceptors (Lipinski definition) is 3. The summed E-state index contributed by atoms with van der Waals surface area (Å²) in [6, 6.07) is 8.17. The molecule has 1 aromatic rings. The van der Waals surface area contributed by atoms with E-state index in [2.05, 4.69) is 12.1 Å². The molecule has 0 aromatic heterocycles. The van der Waals surface area contributed by atoms with Gasteiger partial charge in [-0.15, -0.1) is 0 Å². The summed E-state index contributed by atoms with van der Waals surface area (Å²) in [6.45, 7) is 2.35. The summed E-state index contributed by atoms with van der Waals surface area (Å²) < 4.78 is 11.0. The smallest absolute Gasteiger partial charge is 0.119 e. The Morgan fingerprint density at radius 3 is 2.89 bits per heavy atom. The van der Waals surface area contributed by atoms with E-state index in [4.69, 9.17) is 15.2 Å². The number of hydrogen-bond donors (Lipinski definition) is 1. The fourth-order valence-electron chi connectivity index (χ4n) is 2.03. The van der Waals surface area contributed by atoms with E-state index in [9.17, 15) is 0 Å². The minimum atomic E-state index is 0.399. The van der Waals surface area contributed by atoms with Crippen molar-refractivity contribution in [2.24, 2.45) is 17.6 Å². The van der Waals surface area contributed by atoms with Crippen LogP contribution in [0.5, 0.6) is 5.75 Å². The number of ether oxygens (including phenoxy) is 2. The first kappa shape index (κ1) is 13.4. The summed E-state index contributed by atoms with van der Waals surface area (Å²) >= 11 is 0. The van der Waals surface area contributed by atoms with E-state index in [-0.39, 0.29) is 0 Å². The van der Waals surface area contributed by atoms with Crippen LogP contribution in [0.3, 0.4) is 0 Å². The zero-order chi connectivity index (χ0) is 12.8. The van der Waals surface area contributed by atoms with Crippen LogP contribution in [-0.4, -0.2) is 26.9 Å². The van der Waals surface area contributed by atoms with E-state index in [0.717, 1.165) is 31.3 Å². The zero-order valence-electron chi connectivity index (χ0n) is 11.1. The van der Waals surface area contributed by atoms with Crippen molar-refractivity contribution in [3.05, 3.63) is 29.8 Å². The first-order valence-corrected chi connectivity index (χ1v) is 6.72. The van der Waals surface area contributed by atoms with Crippen molar-refractivity contribution in [3.8, 4) is 5.75 Å². The molecule has 3 heteroatoms. The Kier molecular flexibility index (Phi) is 5.02. The molecule has 0 bridgehead atoms. The molecule has 1 fully saturated rings. The Morgan fingerprint density at radius 1 is 1.39 bits per heavy atom. The van der Waals surface area contributed by atoms with Gasteiger partial charge in [0.2, 0.25) is 0 Å². The van der Waals surface area contributed by atoms with E-state index in [1.165, 1.54) is 18.4 Å². The maximum atomic E-state index is 5.81. The van der Waals surface area contributed by atoms with Crippen molar-refractivity contribution < 1.29 is 9.47 Å². The van der Waals surface area contributed by atoms with Crippen LogP contribution in [-0.2, 0) is 11.2 Å². The predicted octanol–water partition coefficient (Wildman–Crippen LogP) is 2.24. The lowest BCUT2D eigenvalue weighted by Crippen LogP contribution is -2.22. The van der Waals surface area contributed by atoms with Gasteiger partial charge in [0.15, 0.2) is 0 Å². The highest BCUT2D eigenvalue weighted by molar-refractivity contribution is 5.28. The number of benzene rings is 1. The van der Waals surface area contributed by atoms with Gasteiger partial charge in [-0.3, -0.25) is 0 Å². The van der Waals surface area contributed by atoms with E-state index in [1.54, 1.807) is 7.11 Å². The SMILES string of the molecule is COc1cccc(CC(CN)COCC2CC2)c1. The lowest BCUT2D eigenvalue weighted by molar-refractivity contribution is 0.0934. The van der Waals surface area contributed by atoms with Gasteiger partial charge in [-0.1, -0.05) is 12.1 Å². The maximum Gasteiger partial charge on any atom is 0.119 e. The first-order chi connectivity index (χ1) is 8.81. The van der Waals surface area contributed by atoms with Crippen molar-refractivity contribution in [1.29, 1.82) is 0 Å². The molecule has 0 amide bonds. The largest absolute Gasteiger partial charge is 0.497 e. The summed E-state index contributed by atoms with van der Waals surface area (Å²) in [5, 5.41) is 0. The molecule has 0 saturated heterocycles. The average molecular weight is 249 g/mol. The highest BCUT2D eigenvalue weighted by Crippen LogP contribution is 2.29. The molecule has 1 aliphatic carbocycles. The number of methoxy groups -OCH3 is 1. The third-order valence-electron chi connectivity index (χ3n) is 3.40. The van der Waals surface area contributed by atoms with Crippen LogP contribution in [0.2, 0.25) is 0 Å². The summed E-state index contributed by atoms with van der Waals surface area (Å²) in [4.78, 5) is 0. The fourth-order valence-corrected chi connectivity index (χ4v) is 2.03. The fraction of sp³-hybridized carbons (Fsp3) is 0.600. The van der Waals surface area contributed by atoms with E-state index >= 15 is 0 Å². The molecule has 1 aliphatic rings. The molecule has 1 atom stereocenters. The Morgan fingerprint density at radius 2 is 2.22 bits per heavy atom. The Bertz CT molecular complexity index is 363. The normalized spacial score (nSPS) is 16.6. The average Bonchev–Trinajstić information content (AvgIpc) is 3.22. The van der Waals surface area contributed by atoms with Crippen LogP contribution >= 0.6 is 0 Å². The first-order valence-electron chi connectivity index (χ1n) is 6.72. The van der Waals surface area contributed by atoms with Crippen LogP contribution in [0.25, 0.3) is 0 Å². The standard InChI is InChI=1S/C15H23NO2/c1-17-15-4-2-3-13(8-15)7-14(9-16)11-18-10-12-5-6-12/h2-4,8,12,14H,5-7,9-11,16H2,1H3. The Labute approximate surface area is 109 Å². The van der Waals surface area contributed by atoms with Crippen molar-refractivity contribution in [2.45, 2.75) is 19.3 Å². The van der Waals surface area contributed by atoms with Gasteiger partial charge in [-0.05, 0) is 55.3 Å². The van der Waals surface area contributed by atoms with Gasteiger partial charge in [0.1, 0.15) is 5.75 Å². The van der Waals surface area contributed by atoms with Crippen molar-refractivity contribution in [2.75, 3.05) is 26.9 Å². The molecule has 0 spiro atoms. The lowest BCUT2D eigenvalue weighted by Gasteiger charge is -2.15. The maximum absolute atomic E-state index is 5.81. The van der Waals surface area contributed by atoms with Crippen molar-refractivity contribution in [3.63, 3.8) is 0 Å². The van der Waals surface area contributed by atoms with Crippen LogP contribution < -0.4 is 10.5 Å². The van der Waals surface area contributed by atoms with Gasteiger partial charge < -0.3 is 15.2 Å². The second-order valence-corrected chi connectivity index (χ2v) is 5.14. The van der Waals surface area contributed by atoms with Gasteiger partial charge in [-0.2, -0.15) is 0 Å². The molecule has 1 saturated carbocycles. The van der Waals surface area contributed by atoms with Crippen molar-refractivity contribution in [1.82, 2.24) is 0 Å². The Hall–Kier alpha value is -1.06. The molecule has 0 radical (unpaired) electrons. The molecular weight excluding hydrogens is 226 g/mol. The van der Waals surface area contributed by atoms with Crippen LogP contribution in [0.15, 0.2) is 24.3 Å². The third-order valence-corrected chi connectivity index (χ3v) is 3.40.